The van der Waals surface area contributed by atoms with Crippen LogP contribution in [-0.2, 0) is 13.6 Å². The zero-order chi connectivity index (χ0) is 6.69. The van der Waals surface area contributed by atoms with E-state index in [1.807, 2.05) is 24.9 Å². The van der Waals surface area contributed by atoms with Crippen LogP contribution in [0.3, 0.4) is 0 Å². The van der Waals surface area contributed by atoms with Gasteiger partial charge in [0.25, 0.3) is 0 Å². The lowest BCUT2D eigenvalue weighted by Gasteiger charge is -1.91. The first-order valence-corrected chi connectivity index (χ1v) is 3.08. The van der Waals surface area contributed by atoms with Gasteiger partial charge in [-0.3, -0.25) is 0 Å². The summed E-state index contributed by atoms with van der Waals surface area (Å²) >= 11 is 0. The first-order valence-electron chi connectivity index (χ1n) is 3.08. The molecule has 0 aliphatic rings. The van der Waals surface area contributed by atoms with E-state index in [1.54, 1.807) is 0 Å². The Hall–Kier alpha value is -0.760. The number of aryl methyl sites for hydroxylation is 1. The maximum Gasteiger partial charge on any atom is 0.0217 e. The van der Waals surface area contributed by atoms with E-state index in [0.29, 0.717) is 0 Å². The second-order valence-corrected chi connectivity index (χ2v) is 2.22. The van der Waals surface area contributed by atoms with Crippen LogP contribution in [0.5, 0.6) is 0 Å². The van der Waals surface area contributed by atoms with Crippen LogP contribution in [0.2, 0.25) is 0 Å². The summed E-state index contributed by atoms with van der Waals surface area (Å²) < 4.78 is 2.05. The van der Waals surface area contributed by atoms with E-state index in [-0.39, 0.29) is 0 Å². The molecule has 0 saturated heterocycles. The number of hydrogen-bond donors (Lipinski definition) is 1. The molecule has 0 aromatic carbocycles. The molecule has 9 heavy (non-hydrogen) atoms. The average Bonchev–Trinajstić information content (AvgIpc) is 2.17. The molecular weight excluding hydrogens is 112 g/mol. The first-order chi connectivity index (χ1) is 4.33. The van der Waals surface area contributed by atoms with Gasteiger partial charge >= 0.3 is 0 Å². The maximum atomic E-state index is 3.08. The standard InChI is InChI=1S/C7H12N2/c1-8-5-7-3-4-9(2)6-7/h3-4,6,8H,5H2,1-2H3. The predicted molar refractivity (Wildman–Crippen MR) is 38.2 cm³/mol. The topological polar surface area (TPSA) is 17.0 Å². The van der Waals surface area contributed by atoms with Crippen molar-refractivity contribution >= 4 is 0 Å². The second-order valence-electron chi connectivity index (χ2n) is 2.22. The van der Waals surface area contributed by atoms with Gasteiger partial charge in [-0.2, -0.15) is 0 Å². The Morgan fingerprint density at radius 2 is 2.44 bits per heavy atom. The predicted octanol–water partition coefficient (Wildman–Crippen LogP) is 0.744. The zero-order valence-electron chi connectivity index (χ0n) is 5.89. The molecule has 2 heteroatoms. The van der Waals surface area contributed by atoms with E-state index < -0.39 is 0 Å². The monoisotopic (exact) mass is 124 g/mol. The first kappa shape index (κ1) is 6.36. The molecule has 0 saturated carbocycles. The fraction of sp³-hybridized carbons (Fsp3) is 0.429. The lowest BCUT2D eigenvalue weighted by atomic mass is 10.3. The summed E-state index contributed by atoms with van der Waals surface area (Å²) in [4.78, 5) is 0. The van der Waals surface area contributed by atoms with Crippen LogP contribution < -0.4 is 5.32 Å². The number of aromatic nitrogens is 1. The Balaban J connectivity index is 2.61. The van der Waals surface area contributed by atoms with Gasteiger partial charge in [-0.15, -0.1) is 0 Å². The van der Waals surface area contributed by atoms with E-state index in [4.69, 9.17) is 0 Å². The van der Waals surface area contributed by atoms with Gasteiger partial charge in [0.2, 0.25) is 0 Å². The molecule has 0 aliphatic carbocycles. The summed E-state index contributed by atoms with van der Waals surface area (Å²) in [5.74, 6) is 0. The van der Waals surface area contributed by atoms with Gasteiger partial charge in [0.1, 0.15) is 0 Å². The molecule has 0 radical (unpaired) electrons. The maximum absolute atomic E-state index is 3.08. The van der Waals surface area contributed by atoms with Crippen LogP contribution in [0, 0.1) is 0 Å². The van der Waals surface area contributed by atoms with Gasteiger partial charge in [-0.1, -0.05) is 0 Å². The molecule has 1 heterocycles. The Kier molecular flexibility index (Phi) is 1.90. The molecule has 0 bridgehead atoms. The van der Waals surface area contributed by atoms with Gasteiger partial charge < -0.3 is 9.88 Å². The van der Waals surface area contributed by atoms with E-state index in [9.17, 15) is 0 Å². The molecule has 1 aromatic rings. The van der Waals surface area contributed by atoms with Crippen molar-refractivity contribution in [2.24, 2.45) is 7.05 Å². The number of hydrogen-bond acceptors (Lipinski definition) is 1. The van der Waals surface area contributed by atoms with Crippen molar-refractivity contribution in [1.29, 1.82) is 0 Å². The Labute approximate surface area is 55.5 Å². The number of rotatable bonds is 2. The van der Waals surface area contributed by atoms with Crippen LogP contribution in [0.4, 0.5) is 0 Å². The van der Waals surface area contributed by atoms with Crippen molar-refractivity contribution in [1.82, 2.24) is 9.88 Å². The van der Waals surface area contributed by atoms with Crippen molar-refractivity contribution in [2.45, 2.75) is 6.54 Å². The number of nitrogens with zero attached hydrogens (tertiary/aromatic N) is 1. The molecule has 1 rings (SSSR count). The summed E-state index contributed by atoms with van der Waals surface area (Å²) in [6, 6.07) is 2.11. The minimum absolute atomic E-state index is 0.959. The lowest BCUT2D eigenvalue weighted by molar-refractivity contribution is 0.811. The Bertz CT molecular complexity index is 179. The fourth-order valence-corrected chi connectivity index (χ4v) is 0.870. The Morgan fingerprint density at radius 1 is 1.67 bits per heavy atom. The van der Waals surface area contributed by atoms with Crippen molar-refractivity contribution < 1.29 is 0 Å². The summed E-state index contributed by atoms with van der Waals surface area (Å²) in [5, 5.41) is 3.08. The highest BCUT2D eigenvalue weighted by Gasteiger charge is 1.89. The van der Waals surface area contributed by atoms with Crippen LogP contribution in [0.1, 0.15) is 5.56 Å². The third-order valence-electron chi connectivity index (χ3n) is 1.27. The van der Waals surface area contributed by atoms with Crippen LogP contribution in [-0.4, -0.2) is 11.6 Å². The summed E-state index contributed by atoms with van der Waals surface area (Å²) in [5.41, 5.74) is 1.33. The molecule has 0 unspecified atom stereocenters. The SMILES string of the molecule is CNCc1ccn(C)c1. The van der Waals surface area contributed by atoms with Gasteiger partial charge in [-0.05, 0) is 18.7 Å². The highest BCUT2D eigenvalue weighted by atomic mass is 14.9. The quantitative estimate of drug-likeness (QED) is 0.615. The van der Waals surface area contributed by atoms with Gasteiger partial charge in [0, 0.05) is 26.0 Å². The van der Waals surface area contributed by atoms with Crippen molar-refractivity contribution in [3.05, 3.63) is 24.0 Å². The highest BCUT2D eigenvalue weighted by Crippen LogP contribution is 1.96. The smallest absolute Gasteiger partial charge is 0.0217 e. The van der Waals surface area contributed by atoms with E-state index in [0.717, 1.165) is 6.54 Å². The molecule has 50 valence electrons. The molecule has 0 spiro atoms. The molecule has 0 aliphatic heterocycles. The summed E-state index contributed by atoms with van der Waals surface area (Å²) in [6.07, 6.45) is 4.16. The number of nitrogens with one attached hydrogen (secondary N) is 1. The van der Waals surface area contributed by atoms with Crippen molar-refractivity contribution in [3.8, 4) is 0 Å². The highest BCUT2D eigenvalue weighted by molar-refractivity contribution is 5.08. The van der Waals surface area contributed by atoms with Crippen LogP contribution in [0.25, 0.3) is 0 Å². The van der Waals surface area contributed by atoms with E-state index >= 15 is 0 Å². The molecule has 0 atom stereocenters. The van der Waals surface area contributed by atoms with Crippen LogP contribution in [0.15, 0.2) is 18.5 Å². The van der Waals surface area contributed by atoms with Crippen LogP contribution >= 0.6 is 0 Å². The molecule has 0 fully saturated rings. The Morgan fingerprint density at radius 3 is 2.89 bits per heavy atom. The van der Waals surface area contributed by atoms with Gasteiger partial charge in [0.15, 0.2) is 0 Å². The van der Waals surface area contributed by atoms with Gasteiger partial charge in [0.05, 0.1) is 0 Å². The molecule has 1 aromatic heterocycles. The van der Waals surface area contributed by atoms with E-state index in [2.05, 4.69) is 17.6 Å². The third-order valence-corrected chi connectivity index (χ3v) is 1.27. The zero-order valence-corrected chi connectivity index (χ0v) is 5.89. The molecule has 1 N–H and O–H groups in total. The molecular formula is C7H12N2. The summed E-state index contributed by atoms with van der Waals surface area (Å²) in [6.45, 7) is 0.959. The van der Waals surface area contributed by atoms with Crippen molar-refractivity contribution in [2.75, 3.05) is 7.05 Å². The molecule has 0 amide bonds. The second kappa shape index (κ2) is 2.69. The van der Waals surface area contributed by atoms with E-state index in [1.165, 1.54) is 5.56 Å². The minimum atomic E-state index is 0.959. The van der Waals surface area contributed by atoms with Gasteiger partial charge in [-0.25, -0.2) is 0 Å². The van der Waals surface area contributed by atoms with Crippen molar-refractivity contribution in [3.63, 3.8) is 0 Å². The third kappa shape index (κ3) is 1.57. The minimum Gasteiger partial charge on any atom is -0.357 e. The normalized spacial score (nSPS) is 10.0. The fourth-order valence-electron chi connectivity index (χ4n) is 0.870. The lowest BCUT2D eigenvalue weighted by Crippen LogP contribution is -2.03. The largest absolute Gasteiger partial charge is 0.357 e. The summed E-state index contributed by atoms with van der Waals surface area (Å²) in [7, 11) is 3.98. The average molecular weight is 124 g/mol. The molecule has 2 nitrogen and oxygen atoms in total.